The number of nitrogens with zero attached hydrogens (tertiary/aromatic N) is 1. The summed E-state index contributed by atoms with van der Waals surface area (Å²) in [6.07, 6.45) is 1.90. The molecule has 0 aliphatic heterocycles. The Labute approximate surface area is 112 Å². The molecular weight excluding hydrogens is 242 g/mol. The number of hydrogen-bond acceptors (Lipinski definition) is 4. The van der Waals surface area contributed by atoms with Crippen molar-refractivity contribution in [1.29, 1.82) is 0 Å². The maximum Gasteiger partial charge on any atom is 0.185 e. The van der Waals surface area contributed by atoms with Crippen LogP contribution in [0.4, 0.5) is 0 Å². The predicted molar refractivity (Wildman–Crippen MR) is 71.8 cm³/mol. The van der Waals surface area contributed by atoms with Crippen molar-refractivity contribution in [3.05, 3.63) is 53.9 Å². The zero-order chi connectivity index (χ0) is 13.7. The fraction of sp³-hybridized carbons (Fsp3) is 0.200. The molecule has 1 aromatic heterocycles. The van der Waals surface area contributed by atoms with Crippen LogP contribution in [0.2, 0.25) is 0 Å². The molecule has 0 amide bonds. The minimum absolute atomic E-state index is 0.0205. The molecule has 4 nitrogen and oxygen atoms in total. The van der Waals surface area contributed by atoms with Crippen molar-refractivity contribution in [1.82, 2.24) is 4.98 Å². The van der Waals surface area contributed by atoms with Crippen LogP contribution in [-0.4, -0.2) is 25.0 Å². The molecule has 98 valence electrons. The molecule has 19 heavy (non-hydrogen) atoms. The van der Waals surface area contributed by atoms with Gasteiger partial charge in [-0.2, -0.15) is 0 Å². The van der Waals surface area contributed by atoms with Crippen molar-refractivity contribution in [2.24, 2.45) is 0 Å². The van der Waals surface area contributed by atoms with Gasteiger partial charge in [-0.05, 0) is 29.8 Å². The van der Waals surface area contributed by atoms with Gasteiger partial charge in [0, 0.05) is 12.6 Å². The first kappa shape index (κ1) is 13.1. The van der Waals surface area contributed by atoms with Crippen molar-refractivity contribution >= 4 is 5.78 Å². The summed E-state index contributed by atoms with van der Waals surface area (Å²) in [6, 6.07) is 10.7. The molecule has 0 N–H and O–H groups in total. The zero-order valence-corrected chi connectivity index (χ0v) is 10.9. The van der Waals surface area contributed by atoms with Gasteiger partial charge >= 0.3 is 0 Å². The monoisotopic (exact) mass is 257 g/mol. The maximum absolute atomic E-state index is 12.0. The Kier molecular flexibility index (Phi) is 4.13. The van der Waals surface area contributed by atoms with E-state index in [9.17, 15) is 4.79 Å². The number of hydrogen-bond donors (Lipinski definition) is 0. The molecule has 0 aliphatic rings. The Morgan fingerprint density at radius 1 is 1.11 bits per heavy atom. The van der Waals surface area contributed by atoms with Crippen LogP contribution >= 0.6 is 0 Å². The van der Waals surface area contributed by atoms with Crippen LogP contribution in [0.1, 0.15) is 16.1 Å². The molecule has 0 spiro atoms. The standard InChI is InChI=1S/C15H15NO3/c1-18-14-7-6-11(10-15(14)19-2)9-13(17)12-5-3-4-8-16-12/h3-8,10H,9H2,1-2H3. The molecule has 0 unspecified atom stereocenters. The minimum Gasteiger partial charge on any atom is -0.493 e. The number of methoxy groups -OCH3 is 2. The summed E-state index contributed by atoms with van der Waals surface area (Å²) in [5.74, 6) is 1.25. The molecule has 0 bridgehead atoms. The lowest BCUT2D eigenvalue weighted by Gasteiger charge is -2.09. The van der Waals surface area contributed by atoms with Gasteiger partial charge in [0.15, 0.2) is 17.3 Å². The Morgan fingerprint density at radius 3 is 2.53 bits per heavy atom. The quantitative estimate of drug-likeness (QED) is 0.772. The van der Waals surface area contributed by atoms with E-state index >= 15 is 0 Å². The van der Waals surface area contributed by atoms with E-state index in [0.29, 0.717) is 17.2 Å². The van der Waals surface area contributed by atoms with E-state index in [1.54, 1.807) is 50.7 Å². The highest BCUT2D eigenvalue weighted by Crippen LogP contribution is 2.27. The van der Waals surface area contributed by atoms with E-state index in [1.165, 1.54) is 0 Å². The third-order valence-corrected chi connectivity index (χ3v) is 2.76. The summed E-state index contributed by atoms with van der Waals surface area (Å²) in [5.41, 5.74) is 1.34. The molecule has 1 heterocycles. The second-order valence-corrected chi connectivity index (χ2v) is 4.00. The second-order valence-electron chi connectivity index (χ2n) is 4.00. The lowest BCUT2D eigenvalue weighted by Crippen LogP contribution is -2.05. The van der Waals surface area contributed by atoms with Crippen molar-refractivity contribution in [2.75, 3.05) is 14.2 Å². The van der Waals surface area contributed by atoms with Crippen LogP contribution in [-0.2, 0) is 6.42 Å². The Bertz CT molecular complexity index is 567. The van der Waals surface area contributed by atoms with Gasteiger partial charge < -0.3 is 9.47 Å². The fourth-order valence-corrected chi connectivity index (χ4v) is 1.79. The van der Waals surface area contributed by atoms with Crippen LogP contribution in [0.25, 0.3) is 0 Å². The van der Waals surface area contributed by atoms with Crippen molar-refractivity contribution in [3.8, 4) is 11.5 Å². The maximum atomic E-state index is 12.0. The molecular formula is C15H15NO3. The highest BCUT2D eigenvalue weighted by molar-refractivity contribution is 5.95. The van der Waals surface area contributed by atoms with Gasteiger partial charge in [0.2, 0.25) is 0 Å². The highest BCUT2D eigenvalue weighted by Gasteiger charge is 2.10. The van der Waals surface area contributed by atoms with Crippen molar-refractivity contribution < 1.29 is 14.3 Å². The molecule has 0 saturated heterocycles. The molecule has 2 aromatic rings. The van der Waals surface area contributed by atoms with Crippen LogP contribution in [0, 0.1) is 0 Å². The predicted octanol–water partition coefficient (Wildman–Crippen LogP) is 2.52. The van der Waals surface area contributed by atoms with Gasteiger partial charge in [-0.15, -0.1) is 0 Å². The smallest absolute Gasteiger partial charge is 0.185 e. The summed E-state index contributed by atoms with van der Waals surface area (Å²) in [6.45, 7) is 0. The van der Waals surface area contributed by atoms with Gasteiger partial charge in [0.05, 0.1) is 14.2 Å². The summed E-state index contributed by atoms with van der Waals surface area (Å²) in [7, 11) is 3.15. The van der Waals surface area contributed by atoms with E-state index in [0.717, 1.165) is 5.56 Å². The van der Waals surface area contributed by atoms with Gasteiger partial charge in [-0.25, -0.2) is 0 Å². The Balaban J connectivity index is 2.18. The van der Waals surface area contributed by atoms with E-state index in [2.05, 4.69) is 4.98 Å². The number of carbonyl (C=O) groups is 1. The Hall–Kier alpha value is -2.36. The van der Waals surface area contributed by atoms with Gasteiger partial charge in [0.1, 0.15) is 5.69 Å². The summed E-state index contributed by atoms with van der Waals surface area (Å²) in [4.78, 5) is 16.1. The van der Waals surface area contributed by atoms with Gasteiger partial charge in [-0.3, -0.25) is 9.78 Å². The zero-order valence-electron chi connectivity index (χ0n) is 10.9. The third kappa shape index (κ3) is 3.10. The van der Waals surface area contributed by atoms with E-state index in [1.807, 2.05) is 6.07 Å². The number of aromatic nitrogens is 1. The average Bonchev–Trinajstić information content (AvgIpc) is 2.48. The molecule has 4 heteroatoms. The van der Waals surface area contributed by atoms with E-state index in [-0.39, 0.29) is 12.2 Å². The van der Waals surface area contributed by atoms with Crippen LogP contribution in [0.15, 0.2) is 42.6 Å². The number of rotatable bonds is 5. The van der Waals surface area contributed by atoms with Gasteiger partial charge in [-0.1, -0.05) is 12.1 Å². The first-order valence-corrected chi connectivity index (χ1v) is 5.89. The molecule has 0 atom stereocenters. The van der Waals surface area contributed by atoms with Crippen molar-refractivity contribution in [2.45, 2.75) is 6.42 Å². The summed E-state index contributed by atoms with van der Waals surface area (Å²) < 4.78 is 10.4. The largest absolute Gasteiger partial charge is 0.493 e. The van der Waals surface area contributed by atoms with E-state index in [4.69, 9.17) is 9.47 Å². The molecule has 0 fully saturated rings. The van der Waals surface area contributed by atoms with Crippen LogP contribution < -0.4 is 9.47 Å². The Morgan fingerprint density at radius 2 is 1.89 bits per heavy atom. The van der Waals surface area contributed by atoms with Crippen LogP contribution in [0.5, 0.6) is 11.5 Å². The second kappa shape index (κ2) is 6.00. The molecule has 0 radical (unpaired) electrons. The number of carbonyl (C=O) groups excluding carboxylic acids is 1. The lowest BCUT2D eigenvalue weighted by molar-refractivity contribution is 0.0988. The summed E-state index contributed by atoms with van der Waals surface area (Å²) in [5, 5.41) is 0. The highest BCUT2D eigenvalue weighted by atomic mass is 16.5. The topological polar surface area (TPSA) is 48.4 Å². The van der Waals surface area contributed by atoms with Gasteiger partial charge in [0.25, 0.3) is 0 Å². The number of pyridine rings is 1. The number of ether oxygens (including phenoxy) is 2. The fourth-order valence-electron chi connectivity index (χ4n) is 1.79. The molecule has 0 aliphatic carbocycles. The normalized spacial score (nSPS) is 10.0. The van der Waals surface area contributed by atoms with Crippen LogP contribution in [0.3, 0.4) is 0 Å². The minimum atomic E-state index is -0.0205. The average molecular weight is 257 g/mol. The molecule has 0 saturated carbocycles. The molecule has 1 aromatic carbocycles. The number of ketones is 1. The van der Waals surface area contributed by atoms with E-state index < -0.39 is 0 Å². The first-order valence-electron chi connectivity index (χ1n) is 5.89. The third-order valence-electron chi connectivity index (χ3n) is 2.76. The first-order chi connectivity index (χ1) is 9.24. The molecule has 2 rings (SSSR count). The summed E-state index contributed by atoms with van der Waals surface area (Å²) >= 11 is 0. The number of benzene rings is 1. The SMILES string of the molecule is COc1ccc(CC(=O)c2ccccn2)cc1OC. The van der Waals surface area contributed by atoms with Crippen molar-refractivity contribution in [3.63, 3.8) is 0 Å². The lowest BCUT2D eigenvalue weighted by atomic mass is 10.1. The number of Topliss-reactive ketones (excluding diaryl/α,β-unsaturated/α-hetero) is 1.